The van der Waals surface area contributed by atoms with Crippen LogP contribution in [-0.4, -0.2) is 27.3 Å². The number of terminal acetylenes is 1. The Labute approximate surface area is 152 Å². The Morgan fingerprint density at radius 1 is 1.36 bits per heavy atom. The lowest BCUT2D eigenvalue weighted by atomic mass is 10.1. The van der Waals surface area contributed by atoms with Crippen molar-refractivity contribution in [1.29, 1.82) is 0 Å². The molecule has 5 nitrogen and oxygen atoms in total. The van der Waals surface area contributed by atoms with Crippen molar-refractivity contribution in [2.75, 3.05) is 6.54 Å². The summed E-state index contributed by atoms with van der Waals surface area (Å²) in [6.45, 7) is 6.78. The lowest BCUT2D eigenvalue weighted by Crippen LogP contribution is -2.32. The second-order valence-electron chi connectivity index (χ2n) is 6.23. The van der Waals surface area contributed by atoms with Crippen molar-refractivity contribution >= 4 is 28.6 Å². The van der Waals surface area contributed by atoms with Gasteiger partial charge in [-0.1, -0.05) is 43.7 Å². The van der Waals surface area contributed by atoms with Gasteiger partial charge in [-0.05, 0) is 31.4 Å². The molecule has 1 atom stereocenters. The maximum absolute atomic E-state index is 12.9. The summed E-state index contributed by atoms with van der Waals surface area (Å²) in [7, 11) is 0. The van der Waals surface area contributed by atoms with Crippen molar-refractivity contribution in [3.63, 3.8) is 0 Å². The van der Waals surface area contributed by atoms with Gasteiger partial charge in [0.05, 0.1) is 22.7 Å². The topological polar surface area (TPSA) is 64.0 Å². The quantitative estimate of drug-likeness (QED) is 0.470. The Morgan fingerprint density at radius 2 is 2.08 bits per heavy atom. The van der Waals surface area contributed by atoms with E-state index in [0.29, 0.717) is 28.5 Å². The van der Waals surface area contributed by atoms with Crippen LogP contribution >= 0.6 is 11.8 Å². The highest BCUT2D eigenvalue weighted by atomic mass is 32.2. The van der Waals surface area contributed by atoms with Crippen LogP contribution in [0, 0.1) is 18.3 Å². The van der Waals surface area contributed by atoms with Gasteiger partial charge in [-0.25, -0.2) is 4.98 Å². The summed E-state index contributed by atoms with van der Waals surface area (Å²) < 4.78 is 1.68. The minimum atomic E-state index is -0.397. The number of para-hydroxylation sites is 1. The van der Waals surface area contributed by atoms with Crippen molar-refractivity contribution in [2.45, 2.75) is 44.1 Å². The first kappa shape index (κ1) is 19.1. The predicted molar refractivity (Wildman–Crippen MR) is 103 cm³/mol. The van der Waals surface area contributed by atoms with E-state index in [1.807, 2.05) is 18.2 Å². The van der Waals surface area contributed by atoms with Gasteiger partial charge in [0, 0.05) is 6.54 Å². The van der Waals surface area contributed by atoms with Crippen LogP contribution in [0.5, 0.6) is 0 Å². The Balaban J connectivity index is 2.39. The van der Waals surface area contributed by atoms with E-state index in [1.54, 1.807) is 17.6 Å². The third-order valence-corrected chi connectivity index (χ3v) is 4.86. The second kappa shape index (κ2) is 8.72. The number of hydrogen-bond donors (Lipinski definition) is 1. The van der Waals surface area contributed by atoms with Crippen LogP contribution in [0.15, 0.2) is 34.2 Å². The molecule has 6 heteroatoms. The Bertz CT molecular complexity index is 852. The van der Waals surface area contributed by atoms with Crippen LogP contribution in [0.4, 0.5) is 0 Å². The van der Waals surface area contributed by atoms with E-state index in [1.165, 1.54) is 11.8 Å². The van der Waals surface area contributed by atoms with Crippen LogP contribution in [0.3, 0.4) is 0 Å². The van der Waals surface area contributed by atoms with Gasteiger partial charge in [-0.15, -0.1) is 6.42 Å². The number of hydrogen-bond acceptors (Lipinski definition) is 4. The van der Waals surface area contributed by atoms with Crippen LogP contribution < -0.4 is 10.9 Å². The number of rotatable bonds is 7. The summed E-state index contributed by atoms with van der Waals surface area (Å²) in [6, 6.07) is 7.29. The molecule has 0 bridgehead atoms. The fraction of sp³-hybridized carbons (Fsp3) is 0.421. The Hall–Kier alpha value is -2.26. The molecule has 0 aliphatic rings. The monoisotopic (exact) mass is 357 g/mol. The van der Waals surface area contributed by atoms with Gasteiger partial charge in [-0.2, -0.15) is 0 Å². The Kier molecular flexibility index (Phi) is 6.65. The average molecular weight is 357 g/mol. The second-order valence-corrected chi connectivity index (χ2v) is 7.54. The highest BCUT2D eigenvalue weighted by Gasteiger charge is 2.19. The number of thioether (sulfide) groups is 1. The highest BCUT2D eigenvalue weighted by molar-refractivity contribution is 8.00. The largest absolute Gasteiger partial charge is 0.344 e. The molecule has 0 fully saturated rings. The molecule has 0 aliphatic carbocycles. The van der Waals surface area contributed by atoms with Crippen molar-refractivity contribution in [3.8, 4) is 12.3 Å². The fourth-order valence-corrected chi connectivity index (χ4v) is 3.27. The minimum Gasteiger partial charge on any atom is -0.344 e. The number of carbonyl (C=O) groups excluding carboxylic acids is 1. The van der Waals surface area contributed by atoms with Crippen LogP contribution in [0.2, 0.25) is 0 Å². The van der Waals surface area contributed by atoms with Crippen molar-refractivity contribution in [2.24, 2.45) is 5.92 Å². The average Bonchev–Trinajstić information content (AvgIpc) is 2.59. The number of carbonyl (C=O) groups is 1. The molecule has 1 unspecified atom stereocenters. The Morgan fingerprint density at radius 3 is 2.76 bits per heavy atom. The fourth-order valence-electron chi connectivity index (χ4n) is 2.32. The molecule has 1 N–H and O–H groups in total. The van der Waals surface area contributed by atoms with Crippen LogP contribution in [0.1, 0.15) is 27.2 Å². The summed E-state index contributed by atoms with van der Waals surface area (Å²) in [5.74, 6) is 2.68. The maximum Gasteiger partial charge on any atom is 0.262 e. The molecule has 0 saturated carbocycles. The molecule has 2 rings (SSSR count). The van der Waals surface area contributed by atoms with Gasteiger partial charge >= 0.3 is 0 Å². The molecule has 0 radical (unpaired) electrons. The summed E-state index contributed by atoms with van der Waals surface area (Å²) in [5, 5.41) is 3.43. The highest BCUT2D eigenvalue weighted by Crippen LogP contribution is 2.23. The van der Waals surface area contributed by atoms with Crippen molar-refractivity contribution < 1.29 is 4.79 Å². The zero-order valence-electron chi connectivity index (χ0n) is 14.8. The SMILES string of the molecule is C#CCNC(=O)C(C)Sc1nc2ccccc2c(=O)n1CCC(C)C. The molecule has 2 aromatic rings. The summed E-state index contributed by atoms with van der Waals surface area (Å²) in [6.07, 6.45) is 6.04. The van der Waals surface area contributed by atoms with Crippen molar-refractivity contribution in [3.05, 3.63) is 34.6 Å². The number of aromatic nitrogens is 2. The van der Waals surface area contributed by atoms with Gasteiger partial charge in [-0.3, -0.25) is 14.2 Å². The van der Waals surface area contributed by atoms with Gasteiger partial charge in [0.25, 0.3) is 5.56 Å². The molecule has 1 heterocycles. The first-order valence-electron chi connectivity index (χ1n) is 8.31. The van der Waals surface area contributed by atoms with E-state index in [2.05, 4.69) is 30.1 Å². The summed E-state index contributed by atoms with van der Waals surface area (Å²) in [5.41, 5.74) is 0.581. The van der Waals surface area contributed by atoms with E-state index in [0.717, 1.165) is 6.42 Å². The predicted octanol–water partition coefficient (Wildman–Crippen LogP) is 2.67. The number of benzene rings is 1. The smallest absolute Gasteiger partial charge is 0.262 e. The third-order valence-electron chi connectivity index (χ3n) is 3.77. The zero-order valence-corrected chi connectivity index (χ0v) is 15.6. The van der Waals surface area contributed by atoms with Gasteiger partial charge in [0.2, 0.25) is 5.91 Å². The first-order valence-corrected chi connectivity index (χ1v) is 9.19. The van der Waals surface area contributed by atoms with E-state index < -0.39 is 5.25 Å². The van der Waals surface area contributed by atoms with E-state index in [-0.39, 0.29) is 18.0 Å². The molecule has 1 aromatic heterocycles. The normalized spacial score (nSPS) is 12.1. The molecule has 0 spiro atoms. The van der Waals surface area contributed by atoms with E-state index in [9.17, 15) is 9.59 Å². The van der Waals surface area contributed by atoms with Crippen LogP contribution in [-0.2, 0) is 11.3 Å². The van der Waals surface area contributed by atoms with Crippen molar-refractivity contribution in [1.82, 2.24) is 14.9 Å². The van der Waals surface area contributed by atoms with E-state index >= 15 is 0 Å². The third kappa shape index (κ3) is 4.86. The van der Waals surface area contributed by atoms with Crippen LogP contribution in [0.25, 0.3) is 10.9 Å². The lowest BCUT2D eigenvalue weighted by molar-refractivity contribution is -0.120. The molecule has 25 heavy (non-hydrogen) atoms. The molecular weight excluding hydrogens is 334 g/mol. The molecule has 0 saturated heterocycles. The van der Waals surface area contributed by atoms with Gasteiger partial charge < -0.3 is 5.32 Å². The molecular formula is C19H23N3O2S. The zero-order chi connectivity index (χ0) is 18.4. The lowest BCUT2D eigenvalue weighted by Gasteiger charge is -2.16. The summed E-state index contributed by atoms with van der Waals surface area (Å²) >= 11 is 1.28. The maximum atomic E-state index is 12.9. The number of nitrogens with zero attached hydrogens (tertiary/aromatic N) is 2. The number of fused-ring (bicyclic) bond motifs is 1. The molecule has 0 aliphatic heterocycles. The summed E-state index contributed by atoms with van der Waals surface area (Å²) in [4.78, 5) is 29.6. The standard InChI is InChI=1S/C19H23N3O2S/c1-5-11-20-17(23)14(4)25-19-21-16-9-7-6-8-15(16)18(24)22(19)12-10-13(2)3/h1,6-9,13-14H,10-12H2,2-4H3,(H,20,23). The molecule has 1 aromatic carbocycles. The van der Waals surface area contributed by atoms with E-state index in [4.69, 9.17) is 6.42 Å². The number of nitrogens with one attached hydrogen (secondary N) is 1. The van der Waals surface area contributed by atoms with Gasteiger partial charge in [0.15, 0.2) is 5.16 Å². The first-order chi connectivity index (χ1) is 11.9. The van der Waals surface area contributed by atoms with Gasteiger partial charge in [0.1, 0.15) is 0 Å². The minimum absolute atomic E-state index is 0.0648. The number of amides is 1. The molecule has 132 valence electrons. The molecule has 1 amide bonds.